The van der Waals surface area contributed by atoms with Crippen LogP contribution in [0.4, 0.5) is 5.69 Å². The van der Waals surface area contributed by atoms with Crippen molar-refractivity contribution in [1.82, 2.24) is 0 Å². The molecule has 0 aliphatic rings. The summed E-state index contributed by atoms with van der Waals surface area (Å²) in [7, 11) is 0. The van der Waals surface area contributed by atoms with E-state index in [2.05, 4.69) is 12.2 Å². The number of nitrogens with one attached hydrogen (secondary N) is 1. The van der Waals surface area contributed by atoms with Gasteiger partial charge in [-0.2, -0.15) is 0 Å². The number of nitrogens with zero attached hydrogens (tertiary/aromatic N) is 1. The highest BCUT2D eigenvalue weighted by molar-refractivity contribution is 6.35. The lowest BCUT2D eigenvalue weighted by atomic mass is 9.97. The second kappa shape index (κ2) is 8.99. The van der Waals surface area contributed by atoms with Gasteiger partial charge in [-0.05, 0) is 42.7 Å². The molecule has 2 aromatic carbocycles. The van der Waals surface area contributed by atoms with E-state index in [1.807, 2.05) is 12.1 Å². The van der Waals surface area contributed by atoms with E-state index >= 15 is 0 Å². The van der Waals surface area contributed by atoms with Crippen LogP contribution in [0.3, 0.4) is 0 Å². The Morgan fingerprint density at radius 2 is 2.00 bits per heavy atom. The molecule has 0 unspecified atom stereocenters. The van der Waals surface area contributed by atoms with Gasteiger partial charge < -0.3 is 5.32 Å². The Labute approximate surface area is 151 Å². The van der Waals surface area contributed by atoms with Crippen molar-refractivity contribution in [3.63, 3.8) is 0 Å². The molecular weight excluding hydrogens is 340 g/mol. The minimum atomic E-state index is -0.571. The van der Waals surface area contributed by atoms with E-state index in [9.17, 15) is 14.9 Å². The third-order valence-corrected chi connectivity index (χ3v) is 4.03. The molecule has 5 nitrogen and oxygen atoms in total. The highest BCUT2D eigenvalue weighted by Crippen LogP contribution is 2.25. The van der Waals surface area contributed by atoms with Crippen molar-refractivity contribution < 1.29 is 9.72 Å². The van der Waals surface area contributed by atoms with Crippen LogP contribution < -0.4 is 5.32 Å². The fourth-order valence-electron chi connectivity index (χ4n) is 2.42. The number of carbonyl (C=O) groups is 1. The Balaban J connectivity index is 2.41. The first-order valence-corrected chi connectivity index (χ1v) is 8.39. The predicted octanol–water partition coefficient (Wildman–Crippen LogP) is 5.07. The highest BCUT2D eigenvalue weighted by Gasteiger charge is 2.16. The van der Waals surface area contributed by atoms with Crippen molar-refractivity contribution >= 4 is 23.1 Å². The number of anilines is 1. The van der Waals surface area contributed by atoms with Gasteiger partial charge in [0, 0.05) is 16.8 Å². The normalized spacial score (nSPS) is 10.8. The number of hydrogen-bond acceptors (Lipinski definition) is 4. The number of benzene rings is 2. The number of carbonyl (C=O) groups excluding carboxylic acids is 1. The molecule has 0 aliphatic carbocycles. The molecule has 0 heterocycles. The molecule has 0 bridgehead atoms. The summed E-state index contributed by atoms with van der Waals surface area (Å²) in [4.78, 5) is 22.8. The van der Waals surface area contributed by atoms with Crippen LogP contribution in [0.1, 0.15) is 41.3 Å². The average Bonchev–Trinajstić information content (AvgIpc) is 2.60. The molecular formula is C19H19ClN2O3. The number of unbranched alkanes of at least 4 members (excludes halogenated alkanes) is 1. The van der Waals surface area contributed by atoms with Crippen molar-refractivity contribution in [3.05, 3.63) is 86.7 Å². The van der Waals surface area contributed by atoms with Gasteiger partial charge in [-0.15, -0.1) is 0 Å². The smallest absolute Gasteiger partial charge is 0.250 e. The molecule has 130 valence electrons. The van der Waals surface area contributed by atoms with Gasteiger partial charge in [0.2, 0.25) is 6.20 Å². The predicted molar refractivity (Wildman–Crippen MR) is 99.7 cm³/mol. The Morgan fingerprint density at radius 1 is 1.24 bits per heavy atom. The maximum atomic E-state index is 12.9. The first-order valence-electron chi connectivity index (χ1n) is 8.01. The lowest BCUT2D eigenvalue weighted by molar-refractivity contribution is -0.402. The zero-order valence-corrected chi connectivity index (χ0v) is 14.6. The summed E-state index contributed by atoms with van der Waals surface area (Å²) < 4.78 is 0. The van der Waals surface area contributed by atoms with Crippen molar-refractivity contribution in [2.24, 2.45) is 0 Å². The van der Waals surface area contributed by atoms with E-state index < -0.39 is 4.92 Å². The van der Waals surface area contributed by atoms with Crippen LogP contribution in [0.25, 0.3) is 0 Å². The number of rotatable bonds is 8. The van der Waals surface area contributed by atoms with E-state index in [0.717, 1.165) is 31.0 Å². The van der Waals surface area contributed by atoms with Crippen molar-refractivity contribution in [3.8, 4) is 0 Å². The summed E-state index contributed by atoms with van der Waals surface area (Å²) in [5, 5.41) is 13.6. The highest BCUT2D eigenvalue weighted by atomic mass is 35.5. The molecule has 0 radical (unpaired) electrons. The SMILES string of the molecule is CCCCc1ccc(N/C=C/[N+](=O)[O-])c(C(=O)c2ccccc2Cl)c1. The Morgan fingerprint density at radius 3 is 2.68 bits per heavy atom. The molecule has 2 rings (SSSR count). The van der Waals surface area contributed by atoms with Crippen LogP contribution in [0.2, 0.25) is 5.02 Å². The van der Waals surface area contributed by atoms with Gasteiger partial charge >= 0.3 is 0 Å². The Hall–Kier alpha value is -2.66. The van der Waals surface area contributed by atoms with Crippen LogP contribution in [0.15, 0.2) is 54.9 Å². The van der Waals surface area contributed by atoms with E-state index in [4.69, 9.17) is 11.6 Å². The molecule has 0 aromatic heterocycles. The molecule has 0 fully saturated rings. The zero-order chi connectivity index (χ0) is 18.2. The van der Waals surface area contributed by atoms with E-state index in [-0.39, 0.29) is 5.78 Å². The van der Waals surface area contributed by atoms with Crippen LogP contribution in [0.5, 0.6) is 0 Å². The zero-order valence-electron chi connectivity index (χ0n) is 13.9. The van der Waals surface area contributed by atoms with Gasteiger partial charge in [0.25, 0.3) is 0 Å². The fourth-order valence-corrected chi connectivity index (χ4v) is 2.64. The maximum Gasteiger partial charge on any atom is 0.250 e. The second-order valence-electron chi connectivity index (χ2n) is 5.54. The Bertz CT molecular complexity index is 803. The topological polar surface area (TPSA) is 72.2 Å². The maximum absolute atomic E-state index is 12.9. The lowest BCUT2D eigenvalue weighted by Crippen LogP contribution is -2.07. The monoisotopic (exact) mass is 358 g/mol. The summed E-state index contributed by atoms with van der Waals surface area (Å²) in [6.45, 7) is 2.11. The summed E-state index contributed by atoms with van der Waals surface area (Å²) in [5.74, 6) is -0.221. The van der Waals surface area contributed by atoms with Crippen molar-refractivity contribution in [2.75, 3.05) is 5.32 Å². The first-order chi connectivity index (χ1) is 12.0. The average molecular weight is 359 g/mol. The number of ketones is 1. The van der Waals surface area contributed by atoms with Crippen molar-refractivity contribution in [1.29, 1.82) is 0 Å². The van der Waals surface area contributed by atoms with Crippen LogP contribution in [-0.4, -0.2) is 10.7 Å². The second-order valence-corrected chi connectivity index (χ2v) is 5.95. The van der Waals surface area contributed by atoms with Gasteiger partial charge in [0.1, 0.15) is 0 Å². The minimum absolute atomic E-state index is 0.221. The number of halogens is 1. The van der Waals surface area contributed by atoms with Gasteiger partial charge in [0.05, 0.1) is 16.1 Å². The van der Waals surface area contributed by atoms with Crippen LogP contribution in [0, 0.1) is 10.1 Å². The molecule has 0 aliphatic heterocycles. The van der Waals surface area contributed by atoms with Gasteiger partial charge in [-0.3, -0.25) is 14.9 Å². The molecule has 0 saturated carbocycles. The number of nitro groups is 1. The van der Waals surface area contributed by atoms with Crippen LogP contribution >= 0.6 is 11.6 Å². The van der Waals surface area contributed by atoms with Gasteiger partial charge in [-0.1, -0.05) is 43.1 Å². The van der Waals surface area contributed by atoms with E-state index in [1.165, 1.54) is 6.20 Å². The molecule has 6 heteroatoms. The largest absolute Gasteiger partial charge is 0.356 e. The van der Waals surface area contributed by atoms with Crippen molar-refractivity contribution in [2.45, 2.75) is 26.2 Å². The number of aryl methyl sites for hydroxylation is 1. The van der Waals surface area contributed by atoms with Crippen LogP contribution in [-0.2, 0) is 6.42 Å². The third-order valence-electron chi connectivity index (χ3n) is 3.70. The molecule has 25 heavy (non-hydrogen) atoms. The molecule has 1 N–H and O–H groups in total. The summed E-state index contributed by atoms with van der Waals surface area (Å²) in [6, 6.07) is 12.3. The lowest BCUT2D eigenvalue weighted by Gasteiger charge is -2.12. The molecule has 0 spiro atoms. The third kappa shape index (κ3) is 5.16. The first kappa shape index (κ1) is 18.7. The van der Waals surface area contributed by atoms with Gasteiger partial charge in [-0.25, -0.2) is 0 Å². The quantitative estimate of drug-likeness (QED) is 0.406. The van der Waals surface area contributed by atoms with E-state index in [1.54, 1.807) is 30.3 Å². The van der Waals surface area contributed by atoms with Gasteiger partial charge in [0.15, 0.2) is 5.78 Å². The molecule has 2 aromatic rings. The summed E-state index contributed by atoms with van der Waals surface area (Å²) >= 11 is 6.15. The molecule has 0 saturated heterocycles. The summed E-state index contributed by atoms with van der Waals surface area (Å²) in [6.07, 6.45) is 4.93. The van der Waals surface area contributed by atoms with E-state index in [0.29, 0.717) is 21.8 Å². The molecule has 0 amide bonds. The molecule has 0 atom stereocenters. The fraction of sp³-hybridized carbons (Fsp3) is 0.211. The minimum Gasteiger partial charge on any atom is -0.356 e. The summed E-state index contributed by atoms with van der Waals surface area (Å²) in [5.41, 5.74) is 2.39. The number of hydrogen-bond donors (Lipinski definition) is 1. The Kier molecular flexibility index (Phi) is 6.71. The standard InChI is InChI=1S/C19H19ClN2O3/c1-2-3-6-14-9-10-18(21-11-12-22(24)25)16(13-14)19(23)15-7-4-5-8-17(15)20/h4-5,7-13,21H,2-3,6H2,1H3/b12-11+.